The number of nitrogens with zero attached hydrogens (tertiary/aromatic N) is 1. The number of benzene rings is 1. The third-order valence-electron chi connectivity index (χ3n) is 7.60. The SMILES string of the molecule is O=S(=O)(NCC(F)(F)F)NC1C2CCC1Cc1cc(/C=C/CN3CCC(C(F)(F)F)CC3)ccc1C2. The highest BCUT2D eigenvalue weighted by atomic mass is 32.2. The minimum Gasteiger partial charge on any atom is -0.300 e. The third kappa shape index (κ3) is 7.23. The topological polar surface area (TPSA) is 61.4 Å². The lowest BCUT2D eigenvalue weighted by atomic mass is 9.92. The summed E-state index contributed by atoms with van der Waals surface area (Å²) in [6.07, 6.45) is -1.74. The van der Waals surface area contributed by atoms with Crippen molar-refractivity contribution < 1.29 is 34.8 Å². The molecular formula is C24H31F6N3O2S. The minimum atomic E-state index is -4.63. The highest BCUT2D eigenvalue weighted by Crippen LogP contribution is 2.40. The molecule has 0 radical (unpaired) electrons. The van der Waals surface area contributed by atoms with Crippen LogP contribution in [0.5, 0.6) is 0 Å². The van der Waals surface area contributed by atoms with Crippen LogP contribution >= 0.6 is 0 Å². The monoisotopic (exact) mass is 539 g/mol. The van der Waals surface area contributed by atoms with Crippen molar-refractivity contribution in [1.29, 1.82) is 0 Å². The molecule has 1 aromatic carbocycles. The standard InChI is InChI=1S/C24H31F6N3O2S/c25-23(26,27)15-31-36(34,35)32-22-18-5-6-19(22)14-20-12-16(3-4-17(20)13-18)2-1-9-33-10-7-21(8-11-33)24(28,29)30/h1-4,12,18-19,21-22,31-32H,5-11,13-15H2/b2-1+. The van der Waals surface area contributed by atoms with E-state index in [0.717, 1.165) is 29.5 Å². The molecule has 2 aliphatic carbocycles. The fourth-order valence-corrected chi connectivity index (χ4v) is 6.88. The van der Waals surface area contributed by atoms with Crippen LogP contribution in [-0.4, -0.2) is 57.9 Å². The molecule has 3 aliphatic rings. The van der Waals surface area contributed by atoms with E-state index in [1.54, 1.807) is 4.72 Å². The minimum absolute atomic E-state index is 0.00660. The fourth-order valence-electron chi connectivity index (χ4n) is 5.70. The number of fused-ring (bicyclic) bond motifs is 3. The lowest BCUT2D eigenvalue weighted by Crippen LogP contribution is -2.49. The van der Waals surface area contributed by atoms with Crippen molar-refractivity contribution in [1.82, 2.24) is 14.3 Å². The molecule has 36 heavy (non-hydrogen) atoms. The van der Waals surface area contributed by atoms with Crippen LogP contribution in [0.2, 0.25) is 0 Å². The molecule has 0 aromatic heterocycles. The molecular weight excluding hydrogens is 508 g/mol. The van der Waals surface area contributed by atoms with Crippen molar-refractivity contribution in [3.63, 3.8) is 0 Å². The molecule has 2 N–H and O–H groups in total. The highest BCUT2D eigenvalue weighted by Gasteiger charge is 2.42. The third-order valence-corrected chi connectivity index (χ3v) is 8.70. The summed E-state index contributed by atoms with van der Waals surface area (Å²) in [6.45, 7) is -0.213. The Morgan fingerprint density at radius 2 is 1.58 bits per heavy atom. The first-order valence-electron chi connectivity index (χ1n) is 12.2. The number of rotatable bonds is 7. The molecule has 1 saturated heterocycles. The number of alkyl halides is 6. The molecule has 1 aromatic rings. The quantitative estimate of drug-likeness (QED) is 0.504. The molecule has 3 atom stereocenters. The van der Waals surface area contributed by atoms with Gasteiger partial charge in [0.05, 0.1) is 5.92 Å². The summed E-state index contributed by atoms with van der Waals surface area (Å²) in [5, 5.41) is 0. The fraction of sp³-hybridized carbons (Fsp3) is 0.667. The van der Waals surface area contributed by atoms with Crippen molar-refractivity contribution in [3.05, 3.63) is 41.0 Å². The van der Waals surface area contributed by atoms with Gasteiger partial charge in [-0.15, -0.1) is 0 Å². The maximum absolute atomic E-state index is 12.8. The molecule has 1 aliphatic heterocycles. The molecule has 1 saturated carbocycles. The van der Waals surface area contributed by atoms with E-state index in [0.29, 0.717) is 32.5 Å². The largest absolute Gasteiger partial charge is 0.402 e. The van der Waals surface area contributed by atoms with E-state index in [1.165, 1.54) is 0 Å². The van der Waals surface area contributed by atoms with Gasteiger partial charge in [-0.1, -0.05) is 30.4 Å². The normalized spacial score (nSPS) is 26.3. The summed E-state index contributed by atoms with van der Waals surface area (Å²) in [7, 11) is -4.28. The lowest BCUT2D eigenvalue weighted by molar-refractivity contribution is -0.184. The number of nitrogens with one attached hydrogen (secondary N) is 2. The van der Waals surface area contributed by atoms with Crippen molar-refractivity contribution in [2.45, 2.75) is 56.9 Å². The van der Waals surface area contributed by atoms with E-state index in [2.05, 4.69) is 10.8 Å². The first-order valence-corrected chi connectivity index (χ1v) is 13.7. The summed E-state index contributed by atoms with van der Waals surface area (Å²) in [6, 6.07) is 5.60. The molecule has 0 amide bonds. The highest BCUT2D eigenvalue weighted by molar-refractivity contribution is 7.87. The zero-order chi connectivity index (χ0) is 26.1. The van der Waals surface area contributed by atoms with Crippen LogP contribution in [0.15, 0.2) is 24.3 Å². The van der Waals surface area contributed by atoms with Crippen molar-refractivity contribution in [3.8, 4) is 0 Å². The van der Waals surface area contributed by atoms with Gasteiger partial charge in [-0.05, 0) is 80.1 Å². The summed E-state index contributed by atoms with van der Waals surface area (Å²) in [5.41, 5.74) is 3.17. The molecule has 12 heteroatoms. The summed E-state index contributed by atoms with van der Waals surface area (Å²) < 4.78 is 104. The summed E-state index contributed by atoms with van der Waals surface area (Å²) >= 11 is 0. The molecule has 1 heterocycles. The Hall–Kier alpha value is -1.63. The number of hydrogen-bond donors (Lipinski definition) is 2. The predicted octanol–water partition coefficient (Wildman–Crippen LogP) is 4.45. The second kappa shape index (κ2) is 10.6. The van der Waals surface area contributed by atoms with Crippen LogP contribution in [0.3, 0.4) is 0 Å². The lowest BCUT2D eigenvalue weighted by Gasteiger charge is -2.32. The van der Waals surface area contributed by atoms with Crippen molar-refractivity contribution >= 4 is 16.3 Å². The molecule has 0 spiro atoms. The maximum atomic E-state index is 12.8. The van der Waals surface area contributed by atoms with E-state index in [4.69, 9.17) is 0 Å². The van der Waals surface area contributed by atoms with Gasteiger partial charge in [0.1, 0.15) is 6.54 Å². The number of piperidine rings is 1. The van der Waals surface area contributed by atoms with Gasteiger partial charge in [-0.25, -0.2) is 0 Å². The zero-order valence-corrected chi connectivity index (χ0v) is 20.5. The van der Waals surface area contributed by atoms with Crippen molar-refractivity contribution in [2.24, 2.45) is 17.8 Å². The van der Waals surface area contributed by atoms with Crippen molar-refractivity contribution in [2.75, 3.05) is 26.2 Å². The molecule has 202 valence electrons. The van der Waals surface area contributed by atoms with Crippen LogP contribution in [0.25, 0.3) is 6.08 Å². The Morgan fingerprint density at radius 1 is 0.944 bits per heavy atom. The van der Waals surface area contributed by atoms with Gasteiger partial charge in [0.15, 0.2) is 0 Å². The Labute approximate surface area is 207 Å². The molecule has 2 fully saturated rings. The Morgan fingerprint density at radius 3 is 2.19 bits per heavy atom. The Kier molecular flexibility index (Phi) is 8.09. The number of hydrogen-bond acceptors (Lipinski definition) is 3. The average molecular weight is 540 g/mol. The number of likely N-dealkylation sites (tertiary alicyclic amines) is 1. The first-order chi connectivity index (χ1) is 16.8. The van der Waals surface area contributed by atoms with Gasteiger partial charge in [0.25, 0.3) is 10.2 Å². The number of halogens is 6. The maximum Gasteiger partial charge on any atom is 0.402 e. The van der Waals surface area contributed by atoms with Gasteiger partial charge < -0.3 is 0 Å². The molecule has 2 bridgehead atoms. The first kappa shape index (κ1) is 27.4. The van der Waals surface area contributed by atoms with E-state index in [-0.39, 0.29) is 24.7 Å². The van der Waals surface area contributed by atoms with Gasteiger partial charge in [0, 0.05) is 12.6 Å². The van der Waals surface area contributed by atoms with E-state index >= 15 is 0 Å². The second-order valence-electron chi connectivity index (χ2n) is 10.1. The molecule has 3 unspecified atom stereocenters. The molecule has 5 nitrogen and oxygen atoms in total. The van der Waals surface area contributed by atoms with Gasteiger partial charge in [-0.3, -0.25) is 4.90 Å². The smallest absolute Gasteiger partial charge is 0.300 e. The zero-order valence-electron chi connectivity index (χ0n) is 19.7. The van der Waals surface area contributed by atoms with E-state index in [9.17, 15) is 34.8 Å². The average Bonchev–Trinajstić information content (AvgIpc) is 3.05. The Balaban J connectivity index is 1.35. The van der Waals surface area contributed by atoms with E-state index < -0.39 is 41.1 Å². The van der Waals surface area contributed by atoms with Gasteiger partial charge in [0.2, 0.25) is 0 Å². The van der Waals surface area contributed by atoms with Crippen LogP contribution in [0.4, 0.5) is 26.3 Å². The van der Waals surface area contributed by atoms with Crippen LogP contribution in [0.1, 0.15) is 42.4 Å². The Bertz CT molecular complexity index is 1050. The second-order valence-corrected chi connectivity index (χ2v) is 11.7. The molecule has 4 rings (SSSR count). The van der Waals surface area contributed by atoms with Gasteiger partial charge in [-0.2, -0.15) is 44.2 Å². The van der Waals surface area contributed by atoms with Gasteiger partial charge >= 0.3 is 12.4 Å². The summed E-state index contributed by atoms with van der Waals surface area (Å²) in [4.78, 5) is 2.00. The van der Waals surface area contributed by atoms with Crippen LogP contribution < -0.4 is 9.44 Å². The van der Waals surface area contributed by atoms with Crippen LogP contribution in [-0.2, 0) is 23.1 Å². The predicted molar refractivity (Wildman–Crippen MR) is 124 cm³/mol. The van der Waals surface area contributed by atoms with Crippen LogP contribution in [0, 0.1) is 17.8 Å². The summed E-state index contributed by atoms with van der Waals surface area (Å²) in [5.74, 6) is -1.21. The van der Waals surface area contributed by atoms with E-state index in [1.807, 2.05) is 29.2 Å².